The second-order valence-electron chi connectivity index (χ2n) is 9.72. The van der Waals surface area contributed by atoms with Gasteiger partial charge in [-0.3, -0.25) is 9.59 Å². The number of aryl methyl sites for hydroxylation is 1. The number of benzene rings is 1. The Labute approximate surface area is 201 Å². The maximum absolute atomic E-state index is 13.0. The van der Waals surface area contributed by atoms with Crippen LogP contribution in [0.25, 0.3) is 0 Å². The maximum Gasteiger partial charge on any atom is 0.243 e. The number of likely N-dealkylation sites (N-methyl/N-ethyl adjacent to an activating group) is 1. The van der Waals surface area contributed by atoms with Crippen LogP contribution in [0.1, 0.15) is 58.6 Å². The molecule has 2 amide bonds. The van der Waals surface area contributed by atoms with E-state index in [1.54, 1.807) is 0 Å². The molecule has 3 N–H and O–H groups in total. The fourth-order valence-corrected chi connectivity index (χ4v) is 3.79. The molecule has 6 nitrogen and oxygen atoms in total. The first-order valence-electron chi connectivity index (χ1n) is 12.3. The molecule has 1 aromatic rings. The maximum atomic E-state index is 13.0. The van der Waals surface area contributed by atoms with E-state index in [4.69, 9.17) is 0 Å². The number of allylic oxidation sites excluding steroid dienone is 1. The summed E-state index contributed by atoms with van der Waals surface area (Å²) in [5, 5.41) is 9.23. The van der Waals surface area contributed by atoms with Crippen LogP contribution in [-0.2, 0) is 22.4 Å². The van der Waals surface area contributed by atoms with Crippen molar-refractivity contribution in [3.63, 3.8) is 0 Å². The highest BCUT2D eigenvalue weighted by Gasteiger charge is 2.28. The van der Waals surface area contributed by atoms with Crippen molar-refractivity contribution in [1.82, 2.24) is 20.9 Å². The van der Waals surface area contributed by atoms with Crippen molar-refractivity contribution in [3.05, 3.63) is 47.7 Å². The lowest BCUT2D eigenvalue weighted by Gasteiger charge is -2.28. The third-order valence-electron chi connectivity index (χ3n) is 5.75. The Bertz CT molecular complexity index is 760. The minimum absolute atomic E-state index is 0.0691. The van der Waals surface area contributed by atoms with Gasteiger partial charge in [-0.05, 0) is 56.3 Å². The van der Waals surface area contributed by atoms with Gasteiger partial charge in [-0.2, -0.15) is 0 Å². The van der Waals surface area contributed by atoms with Crippen molar-refractivity contribution in [2.75, 3.05) is 27.2 Å². The summed E-state index contributed by atoms with van der Waals surface area (Å²) in [6, 6.07) is 7.49. The smallest absolute Gasteiger partial charge is 0.243 e. The van der Waals surface area contributed by atoms with Crippen LogP contribution in [0.2, 0.25) is 0 Å². The van der Waals surface area contributed by atoms with Crippen LogP contribution in [0.5, 0.6) is 0 Å². The first-order valence-corrected chi connectivity index (χ1v) is 12.3. The van der Waals surface area contributed by atoms with Gasteiger partial charge in [-0.25, -0.2) is 0 Å². The van der Waals surface area contributed by atoms with E-state index >= 15 is 0 Å². The molecular formula is C27H46N4O2. The summed E-state index contributed by atoms with van der Waals surface area (Å²) in [7, 11) is 3.80. The summed E-state index contributed by atoms with van der Waals surface area (Å²) in [5.41, 5.74) is 3.55. The molecule has 186 valence electrons. The van der Waals surface area contributed by atoms with Crippen LogP contribution in [0.4, 0.5) is 0 Å². The SMILES string of the molecule is C=C(CC)NC(C(=O)NC(CN(C)C)C(=O)NC[C@H](C)Cc1ccccc1CCC)C(C)C. The zero-order valence-electron chi connectivity index (χ0n) is 21.8. The number of hydrogen-bond acceptors (Lipinski definition) is 4. The molecule has 0 spiro atoms. The molecule has 0 heterocycles. The summed E-state index contributed by atoms with van der Waals surface area (Å²) in [4.78, 5) is 27.9. The number of carbonyl (C=O) groups is 2. The van der Waals surface area contributed by atoms with Crippen LogP contribution >= 0.6 is 0 Å². The molecule has 0 aromatic heterocycles. The molecule has 0 bridgehead atoms. The van der Waals surface area contributed by atoms with E-state index < -0.39 is 12.1 Å². The van der Waals surface area contributed by atoms with Gasteiger partial charge < -0.3 is 20.9 Å². The minimum Gasteiger partial charge on any atom is -0.377 e. The Kier molecular flexibility index (Phi) is 12.8. The lowest BCUT2D eigenvalue weighted by atomic mass is 9.94. The van der Waals surface area contributed by atoms with E-state index in [0.717, 1.165) is 31.4 Å². The predicted octanol–water partition coefficient (Wildman–Crippen LogP) is 3.52. The molecule has 3 atom stereocenters. The van der Waals surface area contributed by atoms with Gasteiger partial charge in [0.1, 0.15) is 12.1 Å². The van der Waals surface area contributed by atoms with Gasteiger partial charge >= 0.3 is 0 Å². The molecule has 6 heteroatoms. The van der Waals surface area contributed by atoms with Crippen LogP contribution in [-0.4, -0.2) is 56.0 Å². The largest absolute Gasteiger partial charge is 0.377 e. The van der Waals surface area contributed by atoms with Gasteiger partial charge in [-0.1, -0.05) is 71.9 Å². The minimum atomic E-state index is -0.620. The molecule has 1 aromatic carbocycles. The fraction of sp³-hybridized carbons (Fsp3) is 0.630. The highest BCUT2D eigenvalue weighted by atomic mass is 16.2. The Morgan fingerprint density at radius 3 is 2.18 bits per heavy atom. The van der Waals surface area contributed by atoms with E-state index in [0.29, 0.717) is 19.0 Å². The zero-order chi connectivity index (χ0) is 25.0. The van der Waals surface area contributed by atoms with E-state index in [-0.39, 0.29) is 17.7 Å². The number of amides is 2. The first-order chi connectivity index (χ1) is 15.6. The quantitative estimate of drug-likeness (QED) is 0.376. The summed E-state index contributed by atoms with van der Waals surface area (Å²) < 4.78 is 0. The highest BCUT2D eigenvalue weighted by molar-refractivity contribution is 5.90. The first kappa shape index (κ1) is 28.7. The Hall–Kier alpha value is -2.34. The van der Waals surface area contributed by atoms with Crippen molar-refractivity contribution in [2.24, 2.45) is 11.8 Å². The van der Waals surface area contributed by atoms with E-state index in [2.05, 4.69) is 60.6 Å². The number of nitrogens with zero attached hydrogens (tertiary/aromatic N) is 1. The van der Waals surface area contributed by atoms with Gasteiger partial charge in [0.15, 0.2) is 0 Å². The van der Waals surface area contributed by atoms with Crippen molar-refractivity contribution in [2.45, 2.75) is 72.4 Å². The van der Waals surface area contributed by atoms with Crippen LogP contribution in [0, 0.1) is 11.8 Å². The zero-order valence-corrected chi connectivity index (χ0v) is 21.8. The molecule has 0 aliphatic carbocycles. The Morgan fingerprint density at radius 1 is 1.00 bits per heavy atom. The molecule has 0 saturated carbocycles. The van der Waals surface area contributed by atoms with Crippen LogP contribution < -0.4 is 16.0 Å². The molecule has 2 unspecified atom stereocenters. The fourth-order valence-electron chi connectivity index (χ4n) is 3.79. The Morgan fingerprint density at radius 2 is 1.64 bits per heavy atom. The van der Waals surface area contributed by atoms with E-state index in [1.807, 2.05) is 39.8 Å². The number of nitrogens with one attached hydrogen (secondary N) is 3. The van der Waals surface area contributed by atoms with Crippen molar-refractivity contribution < 1.29 is 9.59 Å². The summed E-state index contributed by atoms with van der Waals surface area (Å²) in [6.07, 6.45) is 3.85. The molecule has 0 aliphatic heterocycles. The van der Waals surface area contributed by atoms with Crippen LogP contribution in [0.15, 0.2) is 36.5 Å². The summed E-state index contributed by atoms with van der Waals surface area (Å²) in [5.74, 6) is 0.0332. The van der Waals surface area contributed by atoms with Crippen molar-refractivity contribution >= 4 is 11.8 Å². The lowest BCUT2D eigenvalue weighted by Crippen LogP contribution is -2.57. The molecule has 0 fully saturated rings. The second kappa shape index (κ2) is 14.7. The normalized spacial score (nSPS) is 14.0. The van der Waals surface area contributed by atoms with Crippen LogP contribution in [0.3, 0.4) is 0 Å². The van der Waals surface area contributed by atoms with E-state index in [1.165, 1.54) is 11.1 Å². The Balaban J connectivity index is 2.77. The third kappa shape index (κ3) is 10.4. The van der Waals surface area contributed by atoms with Gasteiger partial charge in [0.25, 0.3) is 0 Å². The summed E-state index contributed by atoms with van der Waals surface area (Å²) >= 11 is 0. The molecule has 0 aliphatic rings. The second-order valence-corrected chi connectivity index (χ2v) is 9.72. The monoisotopic (exact) mass is 458 g/mol. The highest BCUT2D eigenvalue weighted by Crippen LogP contribution is 2.15. The van der Waals surface area contributed by atoms with Gasteiger partial charge in [0.2, 0.25) is 11.8 Å². The molecule has 0 radical (unpaired) electrons. The van der Waals surface area contributed by atoms with E-state index in [9.17, 15) is 9.59 Å². The topological polar surface area (TPSA) is 73.5 Å². The van der Waals surface area contributed by atoms with Gasteiger partial charge in [0, 0.05) is 18.8 Å². The number of hydrogen-bond donors (Lipinski definition) is 3. The average molecular weight is 459 g/mol. The standard InChI is InChI=1S/C27H46N4O2/c1-9-13-22-14-11-12-15-23(22)16-20(5)17-28-26(32)24(18-31(7)8)30-27(33)25(19(3)4)29-21(6)10-2/h11-12,14-15,19-20,24-25,29H,6,9-10,13,16-18H2,1-5,7-8H3,(H,28,32)(H,30,33)/t20-,24?,25?/m1/s1. The van der Waals surface area contributed by atoms with Gasteiger partial charge in [0.05, 0.1) is 0 Å². The molecule has 33 heavy (non-hydrogen) atoms. The van der Waals surface area contributed by atoms with Crippen molar-refractivity contribution in [1.29, 1.82) is 0 Å². The number of rotatable bonds is 15. The lowest BCUT2D eigenvalue weighted by molar-refractivity contribution is -0.131. The molecule has 0 saturated heterocycles. The third-order valence-corrected chi connectivity index (χ3v) is 5.75. The predicted molar refractivity (Wildman–Crippen MR) is 138 cm³/mol. The molecule has 1 rings (SSSR count). The van der Waals surface area contributed by atoms with Crippen molar-refractivity contribution in [3.8, 4) is 0 Å². The van der Waals surface area contributed by atoms with Gasteiger partial charge in [-0.15, -0.1) is 0 Å². The number of carbonyl (C=O) groups excluding carboxylic acids is 2. The summed E-state index contributed by atoms with van der Waals surface area (Å²) in [6.45, 7) is 15.3. The molecular weight excluding hydrogens is 412 g/mol. The average Bonchev–Trinajstić information content (AvgIpc) is 2.76.